The van der Waals surface area contributed by atoms with E-state index in [9.17, 15) is 8.78 Å². The molecule has 4 heteroatoms. The Hall–Kier alpha value is -3.06. The van der Waals surface area contributed by atoms with Crippen molar-refractivity contribution in [1.29, 1.82) is 5.26 Å². The summed E-state index contributed by atoms with van der Waals surface area (Å²) in [7, 11) is 0. The summed E-state index contributed by atoms with van der Waals surface area (Å²) in [6.45, 7) is 1.69. The van der Waals surface area contributed by atoms with Gasteiger partial charge in [-0.15, -0.1) is 0 Å². The molecule has 0 bridgehead atoms. The highest BCUT2D eigenvalue weighted by Gasteiger charge is 2.12. The van der Waals surface area contributed by atoms with Crippen molar-refractivity contribution >= 4 is 0 Å². The number of rotatable bonds is 2. The highest BCUT2D eigenvalue weighted by Crippen LogP contribution is 2.31. The molecule has 112 valence electrons. The van der Waals surface area contributed by atoms with Gasteiger partial charge in [0.2, 0.25) is 0 Å². The summed E-state index contributed by atoms with van der Waals surface area (Å²) >= 11 is 0. The van der Waals surface area contributed by atoms with Gasteiger partial charge in [0, 0.05) is 17.3 Å². The molecule has 0 aliphatic heterocycles. The number of hydrogen-bond acceptors (Lipinski definition) is 2. The van der Waals surface area contributed by atoms with Crippen LogP contribution in [-0.4, -0.2) is 4.98 Å². The Morgan fingerprint density at radius 2 is 1.70 bits per heavy atom. The third-order valence-electron chi connectivity index (χ3n) is 3.64. The minimum absolute atomic E-state index is 0.0208. The van der Waals surface area contributed by atoms with E-state index < -0.39 is 5.82 Å². The second-order valence-corrected chi connectivity index (χ2v) is 5.17. The maximum atomic E-state index is 13.5. The molecule has 0 spiro atoms. The Morgan fingerprint density at radius 3 is 2.43 bits per heavy atom. The topological polar surface area (TPSA) is 36.7 Å². The van der Waals surface area contributed by atoms with Crippen LogP contribution in [0.1, 0.15) is 11.1 Å². The maximum Gasteiger partial charge on any atom is 0.140 e. The molecule has 0 saturated carbocycles. The van der Waals surface area contributed by atoms with Gasteiger partial charge in [-0.25, -0.2) is 8.78 Å². The van der Waals surface area contributed by atoms with Crippen LogP contribution >= 0.6 is 0 Å². The Balaban J connectivity index is 2.19. The standard InChI is InChI=1S/C19H12F2N2/c1-12-9-14(5-6-17(12)20)19-16(3-2-8-23-19)13-4-7-18(21)15(10-13)11-22/h2-10H,1H3. The third-order valence-corrected chi connectivity index (χ3v) is 3.64. The van der Waals surface area contributed by atoms with E-state index in [4.69, 9.17) is 5.26 Å². The summed E-state index contributed by atoms with van der Waals surface area (Å²) in [5.74, 6) is -0.834. The van der Waals surface area contributed by atoms with Gasteiger partial charge in [0.05, 0.1) is 11.3 Å². The summed E-state index contributed by atoms with van der Waals surface area (Å²) in [6.07, 6.45) is 1.65. The lowest BCUT2D eigenvalue weighted by Gasteiger charge is -2.10. The molecule has 0 saturated heterocycles. The zero-order valence-electron chi connectivity index (χ0n) is 12.3. The quantitative estimate of drug-likeness (QED) is 0.677. The number of nitriles is 1. The number of benzene rings is 2. The molecule has 23 heavy (non-hydrogen) atoms. The first-order chi connectivity index (χ1) is 11.1. The molecular weight excluding hydrogens is 294 g/mol. The normalized spacial score (nSPS) is 10.3. The van der Waals surface area contributed by atoms with Gasteiger partial charge in [-0.3, -0.25) is 4.98 Å². The van der Waals surface area contributed by atoms with E-state index in [-0.39, 0.29) is 11.4 Å². The van der Waals surface area contributed by atoms with Crippen molar-refractivity contribution in [2.45, 2.75) is 6.92 Å². The molecule has 0 unspecified atom stereocenters. The van der Waals surface area contributed by atoms with E-state index >= 15 is 0 Å². The van der Waals surface area contributed by atoms with Crippen molar-refractivity contribution in [3.63, 3.8) is 0 Å². The Kier molecular flexibility index (Phi) is 3.86. The number of pyridine rings is 1. The van der Waals surface area contributed by atoms with Gasteiger partial charge in [0.15, 0.2) is 0 Å². The number of aromatic nitrogens is 1. The average molecular weight is 306 g/mol. The lowest BCUT2D eigenvalue weighted by Crippen LogP contribution is -1.92. The minimum atomic E-state index is -0.556. The lowest BCUT2D eigenvalue weighted by molar-refractivity contribution is 0.618. The zero-order valence-corrected chi connectivity index (χ0v) is 12.3. The molecular formula is C19H12F2N2. The van der Waals surface area contributed by atoms with Crippen LogP contribution in [0.5, 0.6) is 0 Å². The predicted molar refractivity (Wildman–Crippen MR) is 84.5 cm³/mol. The van der Waals surface area contributed by atoms with E-state index in [1.165, 1.54) is 18.2 Å². The van der Waals surface area contributed by atoms with Gasteiger partial charge in [-0.05, 0) is 54.4 Å². The van der Waals surface area contributed by atoms with Crippen LogP contribution in [0, 0.1) is 29.9 Å². The molecule has 0 aliphatic carbocycles. The smallest absolute Gasteiger partial charge is 0.140 e. The summed E-state index contributed by atoms with van der Waals surface area (Å²) in [6, 6.07) is 14.6. The van der Waals surface area contributed by atoms with Crippen LogP contribution in [0.15, 0.2) is 54.7 Å². The Bertz CT molecular complexity index is 927. The van der Waals surface area contributed by atoms with Gasteiger partial charge < -0.3 is 0 Å². The molecule has 0 radical (unpaired) electrons. The molecule has 2 aromatic carbocycles. The lowest BCUT2D eigenvalue weighted by atomic mass is 9.97. The first-order valence-electron chi connectivity index (χ1n) is 7.01. The van der Waals surface area contributed by atoms with Gasteiger partial charge in [0.1, 0.15) is 17.7 Å². The van der Waals surface area contributed by atoms with E-state index in [0.717, 1.165) is 11.1 Å². The maximum absolute atomic E-state index is 13.5. The van der Waals surface area contributed by atoms with Crippen molar-refractivity contribution in [3.8, 4) is 28.5 Å². The third kappa shape index (κ3) is 2.82. The fourth-order valence-electron chi connectivity index (χ4n) is 2.44. The molecule has 0 amide bonds. The first-order valence-corrected chi connectivity index (χ1v) is 7.01. The van der Waals surface area contributed by atoms with Crippen LogP contribution in [0.2, 0.25) is 0 Å². The number of aryl methyl sites for hydroxylation is 1. The van der Waals surface area contributed by atoms with Gasteiger partial charge in [-0.1, -0.05) is 12.1 Å². The van der Waals surface area contributed by atoms with E-state index in [1.807, 2.05) is 12.1 Å². The zero-order chi connectivity index (χ0) is 16.4. The largest absolute Gasteiger partial charge is 0.256 e. The molecule has 0 fully saturated rings. The van der Waals surface area contributed by atoms with Crippen molar-refractivity contribution in [2.24, 2.45) is 0 Å². The van der Waals surface area contributed by atoms with Crippen molar-refractivity contribution in [2.75, 3.05) is 0 Å². The summed E-state index contributed by atoms with van der Waals surface area (Å²) in [5, 5.41) is 9.00. The van der Waals surface area contributed by atoms with Gasteiger partial charge in [0.25, 0.3) is 0 Å². The van der Waals surface area contributed by atoms with Crippen LogP contribution in [-0.2, 0) is 0 Å². The van der Waals surface area contributed by atoms with Crippen molar-refractivity contribution in [3.05, 3.63) is 77.5 Å². The summed E-state index contributed by atoms with van der Waals surface area (Å²) in [4.78, 5) is 4.37. The predicted octanol–water partition coefficient (Wildman–Crippen LogP) is 4.87. The highest BCUT2D eigenvalue weighted by molar-refractivity contribution is 5.81. The van der Waals surface area contributed by atoms with Crippen LogP contribution in [0.4, 0.5) is 8.78 Å². The van der Waals surface area contributed by atoms with Crippen LogP contribution in [0.25, 0.3) is 22.4 Å². The fourth-order valence-corrected chi connectivity index (χ4v) is 2.44. The van der Waals surface area contributed by atoms with Gasteiger partial charge in [-0.2, -0.15) is 5.26 Å². The second kappa shape index (κ2) is 5.98. The number of hydrogen-bond donors (Lipinski definition) is 0. The highest BCUT2D eigenvalue weighted by atomic mass is 19.1. The second-order valence-electron chi connectivity index (χ2n) is 5.17. The summed E-state index contributed by atoms with van der Waals surface area (Å²) < 4.78 is 27.0. The first kappa shape index (κ1) is 14.9. The monoisotopic (exact) mass is 306 g/mol. The van der Waals surface area contributed by atoms with Crippen molar-refractivity contribution in [1.82, 2.24) is 4.98 Å². The number of halogens is 2. The molecule has 0 aliphatic rings. The van der Waals surface area contributed by atoms with Crippen LogP contribution < -0.4 is 0 Å². The van der Waals surface area contributed by atoms with Crippen molar-refractivity contribution < 1.29 is 8.78 Å². The molecule has 0 N–H and O–H groups in total. The Labute approximate surface area is 132 Å². The molecule has 2 nitrogen and oxygen atoms in total. The number of nitrogens with zero attached hydrogens (tertiary/aromatic N) is 2. The molecule has 1 heterocycles. The SMILES string of the molecule is Cc1cc(-c2ncccc2-c2ccc(F)c(C#N)c2)ccc1F. The van der Waals surface area contributed by atoms with E-state index in [2.05, 4.69) is 4.98 Å². The van der Waals surface area contributed by atoms with E-state index in [1.54, 1.807) is 37.4 Å². The summed E-state index contributed by atoms with van der Waals surface area (Å²) in [5.41, 5.74) is 3.37. The average Bonchev–Trinajstić information content (AvgIpc) is 2.58. The molecule has 3 rings (SSSR count). The molecule has 0 atom stereocenters. The molecule has 3 aromatic rings. The minimum Gasteiger partial charge on any atom is -0.256 e. The Morgan fingerprint density at radius 1 is 0.957 bits per heavy atom. The van der Waals surface area contributed by atoms with Crippen LogP contribution in [0.3, 0.4) is 0 Å². The van der Waals surface area contributed by atoms with Gasteiger partial charge >= 0.3 is 0 Å². The van der Waals surface area contributed by atoms with E-state index in [0.29, 0.717) is 16.8 Å². The molecule has 1 aromatic heterocycles. The fraction of sp³-hybridized carbons (Fsp3) is 0.0526.